The maximum absolute atomic E-state index is 2.62. The Morgan fingerprint density at radius 1 is 1.06 bits per heavy atom. The fourth-order valence-corrected chi connectivity index (χ4v) is 3.13. The molecule has 0 radical (unpaired) electrons. The molecule has 0 spiro atoms. The molecule has 94 valence electrons. The van der Waals surface area contributed by atoms with Gasteiger partial charge in [-0.05, 0) is 56.8 Å². The molecular formula is C16H25N. The van der Waals surface area contributed by atoms with Gasteiger partial charge in [0.2, 0.25) is 0 Å². The van der Waals surface area contributed by atoms with E-state index in [1.54, 1.807) is 11.1 Å². The fourth-order valence-electron chi connectivity index (χ4n) is 3.13. The quantitative estimate of drug-likeness (QED) is 0.719. The predicted molar refractivity (Wildman–Crippen MR) is 74.5 cm³/mol. The minimum atomic E-state index is 0.790. The Morgan fingerprint density at radius 3 is 2.35 bits per heavy atom. The molecule has 1 nitrogen and oxygen atoms in total. The molecule has 1 atom stereocenters. The Labute approximate surface area is 106 Å². The summed E-state index contributed by atoms with van der Waals surface area (Å²) in [6, 6.07) is 7.78. The maximum atomic E-state index is 2.62. The van der Waals surface area contributed by atoms with E-state index in [0.717, 1.165) is 6.04 Å². The van der Waals surface area contributed by atoms with Gasteiger partial charge in [-0.2, -0.15) is 0 Å². The van der Waals surface area contributed by atoms with Gasteiger partial charge in [0.05, 0.1) is 0 Å². The van der Waals surface area contributed by atoms with Crippen LogP contribution >= 0.6 is 0 Å². The molecule has 0 saturated carbocycles. The van der Waals surface area contributed by atoms with E-state index in [4.69, 9.17) is 0 Å². The Morgan fingerprint density at radius 2 is 1.71 bits per heavy atom. The van der Waals surface area contributed by atoms with Crippen LogP contribution in [0.25, 0.3) is 0 Å². The van der Waals surface area contributed by atoms with E-state index in [2.05, 4.69) is 43.9 Å². The van der Waals surface area contributed by atoms with Crippen molar-refractivity contribution in [1.82, 2.24) is 4.90 Å². The highest BCUT2D eigenvalue weighted by atomic mass is 15.1. The van der Waals surface area contributed by atoms with Crippen molar-refractivity contribution >= 4 is 0 Å². The van der Waals surface area contributed by atoms with Crippen LogP contribution in [0.1, 0.15) is 43.4 Å². The molecule has 1 aromatic carbocycles. The van der Waals surface area contributed by atoms with Crippen LogP contribution in [0.3, 0.4) is 0 Å². The second kappa shape index (κ2) is 5.68. The summed E-state index contributed by atoms with van der Waals surface area (Å²) in [5.74, 6) is 0. The summed E-state index contributed by atoms with van der Waals surface area (Å²) < 4.78 is 0. The average molecular weight is 231 g/mol. The summed E-state index contributed by atoms with van der Waals surface area (Å²) in [7, 11) is 0. The number of nitrogens with zero attached hydrogens (tertiary/aromatic N) is 1. The lowest BCUT2D eigenvalue weighted by Gasteiger charge is -2.28. The lowest BCUT2D eigenvalue weighted by atomic mass is 10.0. The van der Waals surface area contributed by atoms with Crippen molar-refractivity contribution in [3.63, 3.8) is 0 Å². The van der Waals surface area contributed by atoms with Gasteiger partial charge in [0.1, 0.15) is 0 Å². The lowest BCUT2D eigenvalue weighted by Crippen LogP contribution is -2.35. The zero-order valence-electron chi connectivity index (χ0n) is 11.5. The first-order valence-corrected chi connectivity index (χ1v) is 7.07. The van der Waals surface area contributed by atoms with E-state index in [1.165, 1.54) is 44.3 Å². The molecule has 0 bridgehead atoms. The molecule has 17 heavy (non-hydrogen) atoms. The van der Waals surface area contributed by atoms with Crippen LogP contribution in [0.2, 0.25) is 0 Å². The van der Waals surface area contributed by atoms with Crippen molar-refractivity contribution in [2.45, 2.75) is 52.5 Å². The van der Waals surface area contributed by atoms with Crippen LogP contribution < -0.4 is 0 Å². The van der Waals surface area contributed by atoms with Gasteiger partial charge in [-0.3, -0.25) is 0 Å². The van der Waals surface area contributed by atoms with Crippen LogP contribution in [-0.4, -0.2) is 24.0 Å². The standard InChI is InChI=1S/C16H25N/c1-4-17(5-2)16-10-8-14-7-6-13(3)12-15(14)9-11-16/h6-7,12,16H,4-5,8-11H2,1-3H3. The highest BCUT2D eigenvalue weighted by Crippen LogP contribution is 2.24. The Hall–Kier alpha value is -0.820. The van der Waals surface area contributed by atoms with Gasteiger partial charge < -0.3 is 4.90 Å². The number of aryl methyl sites for hydroxylation is 3. The highest BCUT2D eigenvalue weighted by molar-refractivity contribution is 5.32. The van der Waals surface area contributed by atoms with Crippen LogP contribution in [-0.2, 0) is 12.8 Å². The largest absolute Gasteiger partial charge is 0.301 e. The molecule has 0 fully saturated rings. The number of rotatable bonds is 3. The molecule has 1 aliphatic carbocycles. The highest BCUT2D eigenvalue weighted by Gasteiger charge is 2.19. The summed E-state index contributed by atoms with van der Waals surface area (Å²) >= 11 is 0. The van der Waals surface area contributed by atoms with Crippen LogP contribution in [0.15, 0.2) is 18.2 Å². The van der Waals surface area contributed by atoms with Gasteiger partial charge >= 0.3 is 0 Å². The van der Waals surface area contributed by atoms with Gasteiger partial charge in [0, 0.05) is 6.04 Å². The number of hydrogen-bond donors (Lipinski definition) is 0. The van der Waals surface area contributed by atoms with Gasteiger partial charge in [-0.1, -0.05) is 37.6 Å². The second-order valence-corrected chi connectivity index (χ2v) is 5.22. The van der Waals surface area contributed by atoms with E-state index in [0.29, 0.717) is 0 Å². The Balaban J connectivity index is 2.10. The third-order valence-electron chi connectivity index (χ3n) is 4.18. The van der Waals surface area contributed by atoms with Crippen molar-refractivity contribution in [2.75, 3.05) is 13.1 Å². The molecule has 0 amide bonds. The first kappa shape index (κ1) is 12.6. The minimum Gasteiger partial charge on any atom is -0.301 e. The average Bonchev–Trinajstić information content (AvgIpc) is 2.54. The summed E-state index contributed by atoms with van der Waals surface area (Å²) in [6.07, 6.45) is 5.19. The number of fused-ring (bicyclic) bond motifs is 1. The van der Waals surface area contributed by atoms with Gasteiger partial charge in [-0.15, -0.1) is 0 Å². The molecule has 0 heterocycles. The number of hydrogen-bond acceptors (Lipinski definition) is 1. The van der Waals surface area contributed by atoms with E-state index >= 15 is 0 Å². The van der Waals surface area contributed by atoms with E-state index < -0.39 is 0 Å². The molecule has 0 N–H and O–H groups in total. The molecule has 0 aliphatic heterocycles. The second-order valence-electron chi connectivity index (χ2n) is 5.22. The molecule has 2 rings (SSSR count). The maximum Gasteiger partial charge on any atom is 0.0101 e. The van der Waals surface area contributed by atoms with E-state index in [1.807, 2.05) is 0 Å². The SMILES string of the molecule is CCN(CC)C1CCc2ccc(C)cc2CC1. The summed E-state index contributed by atoms with van der Waals surface area (Å²) in [5, 5.41) is 0. The van der Waals surface area contributed by atoms with Crippen molar-refractivity contribution in [1.29, 1.82) is 0 Å². The fraction of sp³-hybridized carbons (Fsp3) is 0.625. The smallest absolute Gasteiger partial charge is 0.0101 e. The van der Waals surface area contributed by atoms with Crippen LogP contribution in [0, 0.1) is 6.92 Å². The third kappa shape index (κ3) is 2.90. The molecular weight excluding hydrogens is 206 g/mol. The monoisotopic (exact) mass is 231 g/mol. The molecule has 1 heteroatoms. The molecule has 0 saturated heterocycles. The summed E-state index contributed by atoms with van der Waals surface area (Å²) in [5.41, 5.74) is 4.59. The zero-order valence-corrected chi connectivity index (χ0v) is 11.5. The molecule has 1 unspecified atom stereocenters. The van der Waals surface area contributed by atoms with E-state index in [9.17, 15) is 0 Å². The first-order valence-electron chi connectivity index (χ1n) is 7.07. The van der Waals surface area contributed by atoms with Crippen molar-refractivity contribution < 1.29 is 0 Å². The van der Waals surface area contributed by atoms with Gasteiger partial charge in [0.25, 0.3) is 0 Å². The van der Waals surface area contributed by atoms with Gasteiger partial charge in [0.15, 0.2) is 0 Å². The third-order valence-corrected chi connectivity index (χ3v) is 4.18. The van der Waals surface area contributed by atoms with Crippen molar-refractivity contribution in [3.8, 4) is 0 Å². The van der Waals surface area contributed by atoms with Crippen LogP contribution in [0.4, 0.5) is 0 Å². The number of benzene rings is 1. The summed E-state index contributed by atoms with van der Waals surface area (Å²) in [4.78, 5) is 2.62. The molecule has 0 aromatic heterocycles. The van der Waals surface area contributed by atoms with Crippen LogP contribution in [0.5, 0.6) is 0 Å². The Bertz CT molecular complexity index is 366. The molecule has 1 aromatic rings. The Kier molecular flexibility index (Phi) is 4.22. The van der Waals surface area contributed by atoms with Gasteiger partial charge in [-0.25, -0.2) is 0 Å². The minimum absolute atomic E-state index is 0.790. The normalized spacial score (nSPS) is 20.1. The predicted octanol–water partition coefficient (Wildman–Crippen LogP) is 3.58. The zero-order chi connectivity index (χ0) is 12.3. The first-order chi connectivity index (χ1) is 8.24. The lowest BCUT2D eigenvalue weighted by molar-refractivity contribution is 0.199. The summed E-state index contributed by atoms with van der Waals surface area (Å²) in [6.45, 7) is 9.15. The van der Waals surface area contributed by atoms with Crippen molar-refractivity contribution in [3.05, 3.63) is 34.9 Å². The van der Waals surface area contributed by atoms with Crippen molar-refractivity contribution in [2.24, 2.45) is 0 Å². The van der Waals surface area contributed by atoms with E-state index in [-0.39, 0.29) is 0 Å². The molecule has 1 aliphatic rings. The topological polar surface area (TPSA) is 3.24 Å².